The second-order valence-corrected chi connectivity index (χ2v) is 7.27. The van der Waals surface area contributed by atoms with Gasteiger partial charge in [-0.25, -0.2) is 22.4 Å². The molecule has 0 bridgehead atoms. The summed E-state index contributed by atoms with van der Waals surface area (Å²) in [6.45, 7) is 1.23. The number of rotatable bonds is 7. The summed E-state index contributed by atoms with van der Waals surface area (Å²) in [5.74, 6) is -2.43. The maximum absolute atomic E-state index is 13.0. The van der Waals surface area contributed by atoms with Crippen LogP contribution < -0.4 is 15.4 Å². The van der Waals surface area contributed by atoms with E-state index in [4.69, 9.17) is 4.74 Å². The molecule has 3 amide bonds. The summed E-state index contributed by atoms with van der Waals surface area (Å²) in [5, 5.41) is 4.30. The van der Waals surface area contributed by atoms with E-state index in [1.807, 2.05) is 5.32 Å². The zero-order valence-corrected chi connectivity index (χ0v) is 16.1. The summed E-state index contributed by atoms with van der Waals surface area (Å²) in [6.07, 6.45) is 0. The first-order valence-corrected chi connectivity index (χ1v) is 9.83. The molecular weight excluding hydrogens is 405 g/mol. The van der Waals surface area contributed by atoms with Gasteiger partial charge in [0.05, 0.1) is 16.1 Å². The van der Waals surface area contributed by atoms with Crippen molar-refractivity contribution in [3.8, 4) is 0 Å². The maximum atomic E-state index is 13.0. The number of carbonyl (C=O) groups excluding carboxylic acids is 3. The van der Waals surface area contributed by atoms with Gasteiger partial charge in [-0.3, -0.25) is 14.8 Å². The molecule has 0 aliphatic rings. The smallest absolute Gasteiger partial charge is 0.340 e. The number of benzene rings is 2. The third kappa shape index (κ3) is 6.28. The van der Waals surface area contributed by atoms with E-state index in [-0.39, 0.29) is 16.1 Å². The number of nitrogens with one attached hydrogen (secondary N) is 3. The standard InChI is InChI=1S/C18H18FN3O6S/c1-2-20-18(25)21-16(23)11-28-17(24)14-5-3-4-6-15(14)22-29(26,27)13-9-7-12(19)8-10-13/h3-10,22H,2,11H2,1H3,(H2,20,21,23,25). The minimum Gasteiger partial charge on any atom is -0.452 e. The highest BCUT2D eigenvalue weighted by atomic mass is 32.2. The largest absolute Gasteiger partial charge is 0.452 e. The number of ether oxygens (including phenoxy) is 1. The van der Waals surface area contributed by atoms with Gasteiger partial charge in [0.1, 0.15) is 5.82 Å². The molecule has 0 unspecified atom stereocenters. The summed E-state index contributed by atoms with van der Waals surface area (Å²) in [6, 6.07) is 8.97. The van der Waals surface area contributed by atoms with E-state index in [1.165, 1.54) is 24.3 Å². The molecule has 0 spiro atoms. The molecule has 0 aliphatic heterocycles. The van der Waals surface area contributed by atoms with E-state index in [0.717, 1.165) is 24.3 Å². The van der Waals surface area contributed by atoms with Gasteiger partial charge in [0, 0.05) is 6.54 Å². The van der Waals surface area contributed by atoms with E-state index in [9.17, 15) is 27.2 Å². The van der Waals surface area contributed by atoms with E-state index in [2.05, 4.69) is 10.0 Å². The Labute approximate surface area is 166 Å². The fourth-order valence-electron chi connectivity index (χ4n) is 2.14. The Balaban J connectivity index is 2.09. The van der Waals surface area contributed by atoms with Crippen LogP contribution in [0.2, 0.25) is 0 Å². The lowest BCUT2D eigenvalue weighted by atomic mass is 10.2. The maximum Gasteiger partial charge on any atom is 0.340 e. The average Bonchev–Trinajstić information content (AvgIpc) is 2.66. The minimum absolute atomic E-state index is 0.0917. The van der Waals surface area contributed by atoms with Gasteiger partial charge in [-0.1, -0.05) is 12.1 Å². The van der Waals surface area contributed by atoms with E-state index in [1.54, 1.807) is 6.92 Å². The van der Waals surface area contributed by atoms with Crippen LogP contribution in [0, 0.1) is 5.82 Å². The molecule has 0 radical (unpaired) electrons. The van der Waals surface area contributed by atoms with Crippen LogP contribution in [0.4, 0.5) is 14.9 Å². The van der Waals surface area contributed by atoms with Gasteiger partial charge in [-0.15, -0.1) is 0 Å². The molecule has 2 rings (SSSR count). The van der Waals surface area contributed by atoms with Gasteiger partial charge < -0.3 is 10.1 Å². The van der Waals surface area contributed by atoms with Crippen LogP contribution in [0.15, 0.2) is 53.4 Å². The summed E-state index contributed by atoms with van der Waals surface area (Å²) in [4.78, 5) is 34.9. The Morgan fingerprint density at radius 2 is 1.69 bits per heavy atom. The third-order valence-corrected chi connectivity index (χ3v) is 4.82. The van der Waals surface area contributed by atoms with Crippen molar-refractivity contribution in [2.75, 3.05) is 17.9 Å². The van der Waals surface area contributed by atoms with Crippen molar-refractivity contribution in [3.63, 3.8) is 0 Å². The predicted molar refractivity (Wildman–Crippen MR) is 101 cm³/mol. The molecule has 0 saturated heterocycles. The van der Waals surface area contributed by atoms with Crippen molar-refractivity contribution < 1.29 is 31.9 Å². The third-order valence-electron chi connectivity index (χ3n) is 3.44. The normalized spacial score (nSPS) is 10.7. The predicted octanol–water partition coefficient (Wildman–Crippen LogP) is 1.63. The van der Waals surface area contributed by atoms with Crippen molar-refractivity contribution in [1.29, 1.82) is 0 Å². The van der Waals surface area contributed by atoms with E-state index >= 15 is 0 Å². The number of sulfonamides is 1. The molecule has 0 fully saturated rings. The van der Waals surface area contributed by atoms with Gasteiger partial charge in [0.25, 0.3) is 15.9 Å². The molecule has 0 aromatic heterocycles. The number of hydrogen-bond acceptors (Lipinski definition) is 6. The second-order valence-electron chi connectivity index (χ2n) is 5.59. The van der Waals surface area contributed by atoms with Crippen LogP contribution in [0.3, 0.4) is 0 Å². The van der Waals surface area contributed by atoms with Crippen molar-refractivity contribution >= 4 is 33.6 Å². The minimum atomic E-state index is -4.10. The topological polar surface area (TPSA) is 131 Å². The Morgan fingerprint density at radius 3 is 2.34 bits per heavy atom. The van der Waals surface area contributed by atoms with Crippen LogP contribution in [-0.4, -0.2) is 39.5 Å². The van der Waals surface area contributed by atoms with Gasteiger partial charge in [-0.2, -0.15) is 0 Å². The molecule has 0 heterocycles. The molecule has 3 N–H and O–H groups in total. The van der Waals surface area contributed by atoms with E-state index < -0.39 is 40.4 Å². The number of para-hydroxylation sites is 1. The highest BCUT2D eigenvalue weighted by molar-refractivity contribution is 7.92. The van der Waals surface area contributed by atoms with Crippen LogP contribution in [0.5, 0.6) is 0 Å². The molecule has 154 valence electrons. The fraction of sp³-hybridized carbons (Fsp3) is 0.167. The molecule has 11 heteroatoms. The summed E-state index contributed by atoms with van der Waals surface area (Å²) >= 11 is 0. The van der Waals surface area contributed by atoms with Crippen molar-refractivity contribution in [1.82, 2.24) is 10.6 Å². The second kappa shape index (κ2) is 9.64. The average molecular weight is 423 g/mol. The number of halogens is 1. The first kappa shape index (κ1) is 21.8. The first-order valence-electron chi connectivity index (χ1n) is 8.35. The summed E-state index contributed by atoms with van der Waals surface area (Å²) in [7, 11) is -4.10. The van der Waals surface area contributed by atoms with Crippen molar-refractivity contribution in [3.05, 3.63) is 59.9 Å². The van der Waals surface area contributed by atoms with Crippen molar-refractivity contribution in [2.24, 2.45) is 0 Å². The van der Waals surface area contributed by atoms with Crippen LogP contribution in [0.1, 0.15) is 17.3 Å². The highest BCUT2D eigenvalue weighted by Gasteiger charge is 2.20. The quantitative estimate of drug-likeness (QED) is 0.580. The molecule has 0 saturated carbocycles. The van der Waals surface area contributed by atoms with Gasteiger partial charge in [-0.05, 0) is 43.3 Å². The number of esters is 1. The number of carbonyl (C=O) groups is 3. The SMILES string of the molecule is CCNC(=O)NC(=O)COC(=O)c1ccccc1NS(=O)(=O)c1ccc(F)cc1. The number of urea groups is 1. The first-order chi connectivity index (χ1) is 13.7. The molecule has 29 heavy (non-hydrogen) atoms. The lowest BCUT2D eigenvalue weighted by molar-refractivity contribution is -0.123. The fourth-order valence-corrected chi connectivity index (χ4v) is 3.22. The zero-order chi connectivity index (χ0) is 21.4. The molecule has 9 nitrogen and oxygen atoms in total. The summed E-state index contributed by atoms with van der Waals surface area (Å²) in [5.41, 5.74) is -0.241. The number of anilines is 1. The molecule has 0 aliphatic carbocycles. The van der Waals surface area contributed by atoms with Crippen molar-refractivity contribution in [2.45, 2.75) is 11.8 Å². The monoisotopic (exact) mass is 423 g/mol. The highest BCUT2D eigenvalue weighted by Crippen LogP contribution is 2.21. The number of imide groups is 1. The molecular formula is C18H18FN3O6S. The lowest BCUT2D eigenvalue weighted by Gasteiger charge is -2.12. The number of amides is 3. The van der Waals surface area contributed by atoms with Crippen LogP contribution in [-0.2, 0) is 19.6 Å². The zero-order valence-electron chi connectivity index (χ0n) is 15.3. The van der Waals surface area contributed by atoms with Crippen LogP contribution in [0.25, 0.3) is 0 Å². The van der Waals surface area contributed by atoms with Gasteiger partial charge in [0.2, 0.25) is 0 Å². The Morgan fingerprint density at radius 1 is 1.03 bits per heavy atom. The van der Waals surface area contributed by atoms with Gasteiger partial charge in [0.15, 0.2) is 6.61 Å². The Hall–Kier alpha value is -3.47. The summed E-state index contributed by atoms with van der Waals surface area (Å²) < 4.78 is 44.9. The van der Waals surface area contributed by atoms with E-state index in [0.29, 0.717) is 6.54 Å². The molecule has 0 atom stereocenters. The molecule has 2 aromatic rings. The Kier molecular flexibility index (Phi) is 7.26. The lowest BCUT2D eigenvalue weighted by Crippen LogP contribution is -2.41. The molecule has 2 aromatic carbocycles. The van der Waals surface area contributed by atoms with Gasteiger partial charge >= 0.3 is 12.0 Å². The van der Waals surface area contributed by atoms with Crippen LogP contribution >= 0.6 is 0 Å². The Bertz CT molecular complexity index is 1010. The number of hydrogen-bond donors (Lipinski definition) is 3.